The molecule has 1 saturated heterocycles. The molecule has 6 heteroatoms. The molecule has 1 aliphatic rings. The van der Waals surface area contributed by atoms with Crippen LogP contribution in [0.4, 0.5) is 0 Å². The molecule has 1 aliphatic heterocycles. The zero-order valence-electron chi connectivity index (χ0n) is 11.6. The SMILES string of the molecule is Cc1nc2cc(C3CCOCC3)[nH]n2c(=O)c1CCO. The standard InChI is InChI=1S/C14H19N3O3/c1-9-11(2-5-18)14(19)17-13(15-9)8-12(16-17)10-3-6-20-7-4-10/h8,10,16,18H,2-7H2,1H3. The highest BCUT2D eigenvalue weighted by Crippen LogP contribution is 2.26. The van der Waals surface area contributed by atoms with E-state index < -0.39 is 0 Å². The zero-order chi connectivity index (χ0) is 14.1. The summed E-state index contributed by atoms with van der Waals surface area (Å²) in [5.41, 5.74) is 2.85. The number of H-pyrrole nitrogens is 1. The highest BCUT2D eigenvalue weighted by Gasteiger charge is 2.19. The Kier molecular flexibility index (Phi) is 3.58. The van der Waals surface area contributed by atoms with Gasteiger partial charge in [-0.1, -0.05) is 0 Å². The van der Waals surface area contributed by atoms with E-state index in [0.717, 1.165) is 31.7 Å². The molecular formula is C14H19N3O3. The predicted octanol–water partition coefficient (Wildman–Crippen LogP) is 0.760. The molecule has 0 unspecified atom stereocenters. The molecule has 0 aliphatic carbocycles. The summed E-state index contributed by atoms with van der Waals surface area (Å²) in [7, 11) is 0. The Morgan fingerprint density at radius 1 is 1.50 bits per heavy atom. The number of rotatable bonds is 3. The van der Waals surface area contributed by atoms with Crippen molar-refractivity contribution in [3.05, 3.63) is 33.4 Å². The van der Waals surface area contributed by atoms with Crippen LogP contribution in [0.15, 0.2) is 10.9 Å². The maximum Gasteiger partial charge on any atom is 0.276 e. The summed E-state index contributed by atoms with van der Waals surface area (Å²) in [4.78, 5) is 16.9. The highest BCUT2D eigenvalue weighted by atomic mass is 16.5. The Bertz CT molecular complexity index is 668. The molecule has 1 fully saturated rings. The number of aliphatic hydroxyl groups is 1. The van der Waals surface area contributed by atoms with Gasteiger partial charge in [0.25, 0.3) is 5.56 Å². The maximum absolute atomic E-state index is 12.4. The molecule has 2 aromatic heterocycles. The number of fused-ring (bicyclic) bond motifs is 1. The largest absolute Gasteiger partial charge is 0.396 e. The molecular weight excluding hydrogens is 258 g/mol. The maximum atomic E-state index is 12.4. The van der Waals surface area contributed by atoms with E-state index in [1.54, 1.807) is 0 Å². The summed E-state index contributed by atoms with van der Waals surface area (Å²) in [5, 5.41) is 12.2. The van der Waals surface area contributed by atoms with Gasteiger partial charge in [0.05, 0.1) is 0 Å². The van der Waals surface area contributed by atoms with Gasteiger partial charge >= 0.3 is 0 Å². The first-order valence-electron chi connectivity index (χ1n) is 7.00. The third-order valence-electron chi connectivity index (χ3n) is 3.96. The summed E-state index contributed by atoms with van der Waals surface area (Å²) in [6.07, 6.45) is 2.26. The van der Waals surface area contributed by atoms with E-state index in [0.29, 0.717) is 29.2 Å². The molecule has 0 amide bonds. The summed E-state index contributed by atoms with van der Waals surface area (Å²) in [6.45, 7) is 3.29. The van der Waals surface area contributed by atoms with Crippen molar-refractivity contribution >= 4 is 5.65 Å². The quantitative estimate of drug-likeness (QED) is 0.868. The Morgan fingerprint density at radius 2 is 2.25 bits per heavy atom. The van der Waals surface area contributed by atoms with Gasteiger partial charge in [0.1, 0.15) is 0 Å². The number of ether oxygens (including phenoxy) is 1. The third-order valence-corrected chi connectivity index (χ3v) is 3.96. The van der Waals surface area contributed by atoms with Crippen molar-refractivity contribution in [2.24, 2.45) is 0 Å². The molecule has 20 heavy (non-hydrogen) atoms. The first kappa shape index (κ1) is 13.3. The van der Waals surface area contributed by atoms with Gasteiger partial charge < -0.3 is 9.84 Å². The van der Waals surface area contributed by atoms with Gasteiger partial charge in [0.15, 0.2) is 5.65 Å². The van der Waals surface area contributed by atoms with Crippen LogP contribution in [0.5, 0.6) is 0 Å². The van der Waals surface area contributed by atoms with Gasteiger partial charge in [-0.25, -0.2) is 9.50 Å². The smallest absolute Gasteiger partial charge is 0.276 e. The van der Waals surface area contributed by atoms with Crippen LogP contribution in [0.1, 0.15) is 35.7 Å². The van der Waals surface area contributed by atoms with Gasteiger partial charge in [-0.2, -0.15) is 0 Å². The predicted molar refractivity (Wildman–Crippen MR) is 74.1 cm³/mol. The van der Waals surface area contributed by atoms with E-state index in [4.69, 9.17) is 9.84 Å². The van der Waals surface area contributed by atoms with Gasteiger partial charge in [0, 0.05) is 55.2 Å². The fourth-order valence-corrected chi connectivity index (χ4v) is 2.81. The van der Waals surface area contributed by atoms with Crippen molar-refractivity contribution < 1.29 is 9.84 Å². The molecule has 0 atom stereocenters. The lowest BCUT2D eigenvalue weighted by atomic mass is 9.97. The van der Waals surface area contributed by atoms with Crippen LogP contribution in [0.2, 0.25) is 0 Å². The molecule has 3 rings (SSSR count). The molecule has 0 spiro atoms. The van der Waals surface area contributed by atoms with Crippen molar-refractivity contribution in [3.63, 3.8) is 0 Å². The van der Waals surface area contributed by atoms with Crippen LogP contribution >= 0.6 is 0 Å². The minimum absolute atomic E-state index is 0.0443. The van der Waals surface area contributed by atoms with Gasteiger partial charge in [-0.3, -0.25) is 9.89 Å². The molecule has 2 N–H and O–H groups in total. The summed E-state index contributed by atoms with van der Waals surface area (Å²) in [6, 6.07) is 1.95. The minimum atomic E-state index is -0.111. The van der Waals surface area contributed by atoms with Crippen LogP contribution < -0.4 is 5.56 Å². The number of aliphatic hydroxyl groups excluding tert-OH is 1. The van der Waals surface area contributed by atoms with Crippen molar-refractivity contribution in [2.45, 2.75) is 32.1 Å². The Labute approximate surface area is 116 Å². The number of nitrogens with zero attached hydrogens (tertiary/aromatic N) is 2. The normalized spacial score (nSPS) is 16.9. The first-order chi connectivity index (χ1) is 9.70. The third kappa shape index (κ3) is 2.25. The molecule has 0 saturated carbocycles. The number of aryl methyl sites for hydroxylation is 1. The van der Waals surface area contributed by atoms with Gasteiger partial charge in [-0.15, -0.1) is 0 Å². The Morgan fingerprint density at radius 3 is 2.95 bits per heavy atom. The lowest BCUT2D eigenvalue weighted by molar-refractivity contribution is 0.0844. The van der Waals surface area contributed by atoms with Gasteiger partial charge in [0.2, 0.25) is 0 Å². The number of aromatic nitrogens is 3. The number of nitrogens with one attached hydrogen (secondary N) is 1. The Balaban J connectivity index is 2.06. The van der Waals surface area contributed by atoms with Crippen molar-refractivity contribution in [1.82, 2.24) is 14.6 Å². The van der Waals surface area contributed by atoms with Crippen molar-refractivity contribution in [2.75, 3.05) is 19.8 Å². The zero-order valence-corrected chi connectivity index (χ0v) is 11.6. The molecule has 0 bridgehead atoms. The van der Waals surface area contributed by atoms with E-state index in [2.05, 4.69) is 10.1 Å². The second kappa shape index (κ2) is 5.38. The number of hydrogen-bond donors (Lipinski definition) is 2. The molecule has 2 aromatic rings. The second-order valence-corrected chi connectivity index (χ2v) is 5.25. The number of aromatic amines is 1. The lowest BCUT2D eigenvalue weighted by Crippen LogP contribution is -2.23. The summed E-state index contributed by atoms with van der Waals surface area (Å²) < 4.78 is 6.85. The molecule has 0 radical (unpaired) electrons. The first-order valence-corrected chi connectivity index (χ1v) is 7.00. The average molecular weight is 277 g/mol. The summed E-state index contributed by atoms with van der Waals surface area (Å²) >= 11 is 0. The Hall–Kier alpha value is -1.66. The topological polar surface area (TPSA) is 79.6 Å². The minimum Gasteiger partial charge on any atom is -0.396 e. The fraction of sp³-hybridized carbons (Fsp3) is 0.571. The summed E-state index contributed by atoms with van der Waals surface area (Å²) in [5.74, 6) is 0.395. The van der Waals surface area contributed by atoms with E-state index >= 15 is 0 Å². The molecule has 3 heterocycles. The molecule has 6 nitrogen and oxygen atoms in total. The average Bonchev–Trinajstić information content (AvgIpc) is 2.88. The van der Waals surface area contributed by atoms with Crippen LogP contribution in [0.3, 0.4) is 0 Å². The van der Waals surface area contributed by atoms with Gasteiger partial charge in [-0.05, 0) is 19.8 Å². The monoisotopic (exact) mass is 277 g/mol. The highest BCUT2D eigenvalue weighted by molar-refractivity contribution is 5.42. The van der Waals surface area contributed by atoms with E-state index in [-0.39, 0.29) is 12.2 Å². The van der Waals surface area contributed by atoms with Crippen molar-refractivity contribution in [1.29, 1.82) is 0 Å². The van der Waals surface area contributed by atoms with Crippen LogP contribution in [-0.4, -0.2) is 39.5 Å². The lowest BCUT2D eigenvalue weighted by Gasteiger charge is -2.20. The molecule has 0 aromatic carbocycles. The number of hydrogen-bond acceptors (Lipinski definition) is 4. The van der Waals surface area contributed by atoms with Crippen molar-refractivity contribution in [3.8, 4) is 0 Å². The molecule has 108 valence electrons. The van der Waals surface area contributed by atoms with E-state index in [1.165, 1.54) is 4.52 Å². The van der Waals surface area contributed by atoms with Crippen LogP contribution in [0.25, 0.3) is 5.65 Å². The van der Waals surface area contributed by atoms with E-state index in [1.807, 2.05) is 13.0 Å². The van der Waals surface area contributed by atoms with E-state index in [9.17, 15) is 4.79 Å². The second-order valence-electron chi connectivity index (χ2n) is 5.25. The van der Waals surface area contributed by atoms with Crippen LogP contribution in [-0.2, 0) is 11.2 Å². The fourth-order valence-electron chi connectivity index (χ4n) is 2.81. The van der Waals surface area contributed by atoms with Crippen LogP contribution in [0, 0.1) is 6.92 Å².